The van der Waals surface area contributed by atoms with Crippen LogP contribution in [0.4, 0.5) is 0 Å². The summed E-state index contributed by atoms with van der Waals surface area (Å²) in [6, 6.07) is 0.351. The molecule has 0 aliphatic carbocycles. The molecule has 1 rings (SSSR count). The van der Waals surface area contributed by atoms with Gasteiger partial charge in [-0.15, -0.1) is 0 Å². The highest BCUT2D eigenvalue weighted by atomic mass is 16.5. The van der Waals surface area contributed by atoms with Gasteiger partial charge in [0.2, 0.25) is 0 Å². The van der Waals surface area contributed by atoms with Crippen molar-refractivity contribution < 1.29 is 4.74 Å². The first-order valence-corrected chi connectivity index (χ1v) is 11.1. The number of hydrogen-bond acceptors (Lipinski definition) is 2. The van der Waals surface area contributed by atoms with E-state index in [0.29, 0.717) is 6.04 Å². The first-order chi connectivity index (χ1) is 12.2. The molecule has 25 heavy (non-hydrogen) atoms. The van der Waals surface area contributed by atoms with Crippen molar-refractivity contribution in [3.8, 4) is 0 Å². The summed E-state index contributed by atoms with van der Waals surface area (Å²) in [4.78, 5) is 4.56. The van der Waals surface area contributed by atoms with Crippen LogP contribution in [-0.2, 0) is 4.74 Å². The van der Waals surface area contributed by atoms with E-state index in [0.717, 1.165) is 12.3 Å². The van der Waals surface area contributed by atoms with Crippen LogP contribution in [0.15, 0.2) is 17.1 Å². The average molecular weight is 350 g/mol. The Kier molecular flexibility index (Phi) is 13.8. The van der Waals surface area contributed by atoms with Gasteiger partial charge in [-0.2, -0.15) is 0 Å². The van der Waals surface area contributed by atoms with Gasteiger partial charge in [0, 0.05) is 6.42 Å². The summed E-state index contributed by atoms with van der Waals surface area (Å²) in [5.74, 6) is 0.996. The van der Waals surface area contributed by atoms with Crippen LogP contribution in [0.1, 0.15) is 117 Å². The van der Waals surface area contributed by atoms with Crippen LogP contribution in [0.5, 0.6) is 0 Å². The van der Waals surface area contributed by atoms with Crippen LogP contribution in [0.3, 0.4) is 0 Å². The Balaban J connectivity index is 1.77. The maximum atomic E-state index is 5.74. The summed E-state index contributed by atoms with van der Waals surface area (Å²) in [5, 5.41) is 0. The van der Waals surface area contributed by atoms with Gasteiger partial charge in [0.25, 0.3) is 0 Å². The molecule has 0 N–H and O–H groups in total. The largest absolute Gasteiger partial charge is 0.476 e. The molecular formula is C23H43NO. The molecular weight excluding hydrogens is 306 g/mol. The fourth-order valence-electron chi connectivity index (χ4n) is 3.32. The molecule has 0 amide bonds. The van der Waals surface area contributed by atoms with Gasteiger partial charge in [-0.05, 0) is 46.0 Å². The van der Waals surface area contributed by atoms with Gasteiger partial charge >= 0.3 is 0 Å². The number of ether oxygens (including phenoxy) is 1. The summed E-state index contributed by atoms with van der Waals surface area (Å²) in [5.41, 5.74) is 0. The van der Waals surface area contributed by atoms with Crippen molar-refractivity contribution >= 4 is 5.90 Å². The number of unbranched alkanes of at least 4 members (excludes halogenated alkanes) is 12. The fraction of sp³-hybridized carbons (Fsp3) is 0.870. The second-order valence-corrected chi connectivity index (χ2v) is 7.77. The zero-order chi connectivity index (χ0) is 18.2. The Hall–Kier alpha value is -0.790. The van der Waals surface area contributed by atoms with Crippen molar-refractivity contribution in [2.45, 2.75) is 129 Å². The zero-order valence-electron chi connectivity index (χ0n) is 17.3. The van der Waals surface area contributed by atoms with Gasteiger partial charge in [0.15, 0.2) is 5.90 Å². The summed E-state index contributed by atoms with van der Waals surface area (Å²) in [6.45, 7) is 6.53. The quantitative estimate of drug-likeness (QED) is 0.207. The van der Waals surface area contributed by atoms with Gasteiger partial charge in [0.05, 0.1) is 6.04 Å². The van der Waals surface area contributed by atoms with E-state index in [4.69, 9.17) is 4.74 Å². The van der Waals surface area contributed by atoms with E-state index in [-0.39, 0.29) is 6.10 Å². The molecule has 1 heterocycles. The summed E-state index contributed by atoms with van der Waals surface area (Å²) in [6.07, 6.45) is 25.1. The molecule has 2 nitrogen and oxygen atoms in total. The number of allylic oxidation sites excluding steroid dienone is 2. The minimum Gasteiger partial charge on any atom is -0.476 e. The van der Waals surface area contributed by atoms with E-state index in [1.165, 1.54) is 89.9 Å². The topological polar surface area (TPSA) is 21.6 Å². The van der Waals surface area contributed by atoms with Gasteiger partial charge in [-0.3, -0.25) is 0 Å². The molecule has 146 valence electrons. The van der Waals surface area contributed by atoms with Gasteiger partial charge in [-0.25, -0.2) is 4.99 Å². The number of nitrogens with zero attached hydrogens (tertiary/aromatic N) is 1. The smallest absolute Gasteiger partial charge is 0.183 e. The molecule has 2 atom stereocenters. The van der Waals surface area contributed by atoms with Gasteiger partial charge in [-0.1, -0.05) is 76.9 Å². The van der Waals surface area contributed by atoms with E-state index >= 15 is 0 Å². The normalized spacial score (nSPS) is 20.2. The highest BCUT2D eigenvalue weighted by Crippen LogP contribution is 2.17. The summed E-state index contributed by atoms with van der Waals surface area (Å²) < 4.78 is 5.74. The molecule has 0 aromatic heterocycles. The zero-order valence-corrected chi connectivity index (χ0v) is 17.3. The second kappa shape index (κ2) is 15.5. The summed E-state index contributed by atoms with van der Waals surface area (Å²) in [7, 11) is 0. The van der Waals surface area contributed by atoms with Crippen molar-refractivity contribution in [2.75, 3.05) is 0 Å². The molecule has 0 aromatic rings. The van der Waals surface area contributed by atoms with Crippen molar-refractivity contribution in [2.24, 2.45) is 4.99 Å². The van der Waals surface area contributed by atoms with E-state index in [1.54, 1.807) is 0 Å². The monoisotopic (exact) mass is 349 g/mol. The van der Waals surface area contributed by atoms with E-state index in [9.17, 15) is 0 Å². The lowest BCUT2D eigenvalue weighted by Crippen LogP contribution is -2.14. The minimum atomic E-state index is 0.282. The van der Waals surface area contributed by atoms with Crippen molar-refractivity contribution in [3.05, 3.63) is 12.2 Å². The third-order valence-electron chi connectivity index (χ3n) is 5.25. The van der Waals surface area contributed by atoms with E-state index < -0.39 is 0 Å². The first kappa shape index (κ1) is 22.3. The third kappa shape index (κ3) is 12.2. The number of hydrogen-bond donors (Lipinski definition) is 0. The third-order valence-corrected chi connectivity index (χ3v) is 5.25. The lowest BCUT2D eigenvalue weighted by Gasteiger charge is -2.07. The standard InChI is InChI=1S/C23H43NO/c1-4-5-6-7-8-9-10-11-12-13-14-15-16-17-18-19-20-23-24-21(2)22(3)25-23/h11-12,21-22H,4-10,13-20H2,1-3H3/b12-11-. The maximum Gasteiger partial charge on any atom is 0.183 e. The van der Waals surface area contributed by atoms with Crippen molar-refractivity contribution in [3.63, 3.8) is 0 Å². The maximum absolute atomic E-state index is 5.74. The molecule has 0 spiro atoms. The average Bonchev–Trinajstić information content (AvgIpc) is 2.92. The Morgan fingerprint density at radius 1 is 0.760 bits per heavy atom. The molecule has 0 aromatic carbocycles. The predicted octanol–water partition coefficient (Wildman–Crippen LogP) is 7.62. The van der Waals surface area contributed by atoms with Crippen molar-refractivity contribution in [1.29, 1.82) is 0 Å². The first-order valence-electron chi connectivity index (χ1n) is 11.1. The molecule has 0 radical (unpaired) electrons. The van der Waals surface area contributed by atoms with Gasteiger partial charge < -0.3 is 4.74 Å². The molecule has 2 unspecified atom stereocenters. The molecule has 2 heteroatoms. The fourth-order valence-corrected chi connectivity index (χ4v) is 3.32. The molecule has 1 aliphatic heterocycles. The number of rotatable bonds is 16. The lowest BCUT2D eigenvalue weighted by atomic mass is 10.1. The number of aliphatic imine (C=N–C) groups is 1. The Morgan fingerprint density at radius 3 is 1.80 bits per heavy atom. The molecule has 0 fully saturated rings. The molecule has 1 aliphatic rings. The van der Waals surface area contributed by atoms with E-state index in [1.807, 2.05) is 0 Å². The molecule has 0 saturated carbocycles. The molecule has 0 bridgehead atoms. The minimum absolute atomic E-state index is 0.282. The van der Waals surface area contributed by atoms with Crippen LogP contribution in [-0.4, -0.2) is 18.0 Å². The van der Waals surface area contributed by atoms with Crippen LogP contribution in [0.25, 0.3) is 0 Å². The Bertz CT molecular complexity index is 361. The Labute approximate surface area is 157 Å². The van der Waals surface area contributed by atoms with Crippen molar-refractivity contribution in [1.82, 2.24) is 0 Å². The second-order valence-electron chi connectivity index (χ2n) is 7.77. The van der Waals surface area contributed by atoms with Crippen LogP contribution < -0.4 is 0 Å². The predicted molar refractivity (Wildman–Crippen MR) is 112 cm³/mol. The summed E-state index contributed by atoms with van der Waals surface area (Å²) >= 11 is 0. The SMILES string of the molecule is CCCCCCCC/C=C\CCCCCCCCC1=NC(C)C(C)O1. The highest BCUT2D eigenvalue weighted by Gasteiger charge is 2.21. The lowest BCUT2D eigenvalue weighted by molar-refractivity contribution is 0.213. The van der Waals surface area contributed by atoms with Crippen LogP contribution in [0.2, 0.25) is 0 Å². The highest BCUT2D eigenvalue weighted by molar-refractivity contribution is 5.77. The van der Waals surface area contributed by atoms with Gasteiger partial charge in [0.1, 0.15) is 6.10 Å². The van der Waals surface area contributed by atoms with Crippen LogP contribution >= 0.6 is 0 Å². The van der Waals surface area contributed by atoms with E-state index in [2.05, 4.69) is 37.9 Å². The molecule has 0 saturated heterocycles. The Morgan fingerprint density at radius 2 is 1.28 bits per heavy atom. The van der Waals surface area contributed by atoms with Crippen LogP contribution in [0, 0.1) is 0 Å².